The lowest BCUT2D eigenvalue weighted by Crippen LogP contribution is -2.26. The molecule has 2 rings (SSSR count). The summed E-state index contributed by atoms with van der Waals surface area (Å²) in [5.74, 6) is -0.182. The van der Waals surface area contributed by atoms with E-state index >= 15 is 0 Å². The Morgan fingerprint density at radius 3 is 3.06 bits per heavy atom. The zero-order valence-electron chi connectivity index (χ0n) is 9.84. The monoisotopic (exact) mass is 267 g/mol. The first-order chi connectivity index (χ1) is 8.66. The van der Waals surface area contributed by atoms with Crippen LogP contribution in [0.4, 0.5) is 0 Å². The van der Waals surface area contributed by atoms with Crippen LogP contribution in [-0.4, -0.2) is 31.6 Å². The summed E-state index contributed by atoms with van der Waals surface area (Å²) in [6.45, 7) is 2.92. The van der Waals surface area contributed by atoms with E-state index in [0.717, 1.165) is 4.88 Å². The van der Waals surface area contributed by atoms with Crippen molar-refractivity contribution in [1.82, 2.24) is 24.5 Å². The summed E-state index contributed by atoms with van der Waals surface area (Å²) in [6.07, 6.45) is 2.10. The highest BCUT2D eigenvalue weighted by Gasteiger charge is 2.08. The Labute approximate surface area is 107 Å². The number of aromatic nitrogens is 4. The largest absolute Gasteiger partial charge is 0.351 e. The van der Waals surface area contributed by atoms with Crippen molar-refractivity contribution < 1.29 is 4.79 Å². The summed E-state index contributed by atoms with van der Waals surface area (Å²) in [4.78, 5) is 23.8. The van der Waals surface area contributed by atoms with Gasteiger partial charge in [0.15, 0.2) is 0 Å². The van der Waals surface area contributed by atoms with Crippen molar-refractivity contribution >= 4 is 17.4 Å². The van der Waals surface area contributed by atoms with Crippen LogP contribution in [0.5, 0.6) is 0 Å². The zero-order chi connectivity index (χ0) is 13.0. The Kier molecular flexibility index (Phi) is 3.88. The molecule has 0 saturated heterocycles. The minimum atomic E-state index is -0.239. The fraction of sp³-hybridized carbons (Fsp3) is 0.400. The number of nitrogens with zero attached hydrogens (tertiary/aromatic N) is 3. The van der Waals surface area contributed by atoms with Crippen molar-refractivity contribution in [3.05, 3.63) is 33.4 Å². The quantitative estimate of drug-likeness (QED) is 0.754. The maximum Gasteiger partial charge on any atom is 0.343 e. The molecule has 18 heavy (non-hydrogen) atoms. The predicted octanol–water partition coefficient (Wildman–Crippen LogP) is 0.156. The van der Waals surface area contributed by atoms with E-state index in [4.69, 9.17) is 0 Å². The van der Waals surface area contributed by atoms with Crippen LogP contribution in [0.25, 0.3) is 0 Å². The number of hydrogen-bond acceptors (Lipinski definition) is 5. The molecule has 2 aromatic heterocycles. The number of H-pyrrole nitrogens is 1. The SMILES string of the molecule is Cc1cc(C(=O)NCCCn2cn[nH]c2=O)ns1. The molecule has 0 atom stereocenters. The first-order valence-electron chi connectivity index (χ1n) is 5.48. The van der Waals surface area contributed by atoms with Gasteiger partial charge in [0, 0.05) is 18.0 Å². The van der Waals surface area contributed by atoms with Crippen molar-refractivity contribution in [2.75, 3.05) is 6.54 Å². The van der Waals surface area contributed by atoms with E-state index in [1.54, 1.807) is 6.07 Å². The van der Waals surface area contributed by atoms with Gasteiger partial charge in [0.25, 0.3) is 5.91 Å². The molecule has 0 saturated carbocycles. The van der Waals surface area contributed by atoms with E-state index < -0.39 is 0 Å². The number of nitrogens with one attached hydrogen (secondary N) is 2. The molecule has 96 valence electrons. The molecule has 1 amide bonds. The lowest BCUT2D eigenvalue weighted by molar-refractivity contribution is 0.0949. The fourth-order valence-electron chi connectivity index (χ4n) is 1.45. The van der Waals surface area contributed by atoms with Crippen molar-refractivity contribution in [2.24, 2.45) is 0 Å². The summed E-state index contributed by atoms with van der Waals surface area (Å²) in [6, 6.07) is 1.75. The summed E-state index contributed by atoms with van der Waals surface area (Å²) in [7, 11) is 0. The van der Waals surface area contributed by atoms with Crippen molar-refractivity contribution in [3.63, 3.8) is 0 Å². The Morgan fingerprint density at radius 2 is 2.44 bits per heavy atom. The van der Waals surface area contributed by atoms with E-state index in [9.17, 15) is 9.59 Å². The van der Waals surface area contributed by atoms with E-state index in [1.807, 2.05) is 6.92 Å². The molecule has 0 aromatic carbocycles. The molecule has 0 bridgehead atoms. The predicted molar refractivity (Wildman–Crippen MR) is 66.6 cm³/mol. The summed E-state index contributed by atoms with van der Waals surface area (Å²) in [5.41, 5.74) is 0.203. The Hall–Kier alpha value is -1.96. The average molecular weight is 267 g/mol. The minimum absolute atomic E-state index is 0.182. The number of aryl methyl sites for hydroxylation is 2. The van der Waals surface area contributed by atoms with Crippen LogP contribution in [0.3, 0.4) is 0 Å². The molecule has 0 radical (unpaired) electrons. The Morgan fingerprint density at radius 1 is 1.61 bits per heavy atom. The number of carbonyl (C=O) groups excluding carboxylic acids is 1. The second-order valence-corrected chi connectivity index (χ2v) is 4.80. The van der Waals surface area contributed by atoms with E-state index in [0.29, 0.717) is 25.2 Å². The first-order valence-corrected chi connectivity index (χ1v) is 6.25. The van der Waals surface area contributed by atoms with Gasteiger partial charge in [-0.1, -0.05) is 0 Å². The molecule has 8 heteroatoms. The number of carbonyl (C=O) groups is 1. The molecular formula is C10H13N5O2S. The van der Waals surface area contributed by atoms with Crippen LogP contribution in [0.15, 0.2) is 17.2 Å². The highest BCUT2D eigenvalue weighted by Crippen LogP contribution is 2.07. The van der Waals surface area contributed by atoms with Gasteiger partial charge in [-0.15, -0.1) is 0 Å². The van der Waals surface area contributed by atoms with Gasteiger partial charge in [0.1, 0.15) is 12.0 Å². The third-order valence-electron chi connectivity index (χ3n) is 2.34. The highest BCUT2D eigenvalue weighted by molar-refractivity contribution is 7.05. The van der Waals surface area contributed by atoms with Crippen LogP contribution in [0.1, 0.15) is 21.8 Å². The smallest absolute Gasteiger partial charge is 0.343 e. The lowest BCUT2D eigenvalue weighted by Gasteiger charge is -2.02. The van der Waals surface area contributed by atoms with Crippen molar-refractivity contribution in [1.29, 1.82) is 0 Å². The average Bonchev–Trinajstić information content (AvgIpc) is 2.94. The van der Waals surface area contributed by atoms with Crippen LogP contribution in [0, 0.1) is 6.92 Å². The molecule has 2 heterocycles. The van der Waals surface area contributed by atoms with Crippen molar-refractivity contribution in [2.45, 2.75) is 19.9 Å². The number of hydrogen-bond donors (Lipinski definition) is 2. The lowest BCUT2D eigenvalue weighted by atomic mass is 10.3. The van der Waals surface area contributed by atoms with Gasteiger partial charge >= 0.3 is 5.69 Å². The Bertz CT molecular complexity index is 585. The fourth-order valence-corrected chi connectivity index (χ4v) is 1.99. The summed E-state index contributed by atoms with van der Waals surface area (Å²) < 4.78 is 5.48. The Balaban J connectivity index is 1.74. The molecule has 0 unspecified atom stereocenters. The molecule has 0 spiro atoms. The highest BCUT2D eigenvalue weighted by atomic mass is 32.1. The number of rotatable bonds is 5. The normalized spacial score (nSPS) is 10.5. The van der Waals surface area contributed by atoms with Gasteiger partial charge in [0.2, 0.25) is 0 Å². The molecule has 0 aliphatic heterocycles. The standard InChI is InChI=1S/C10H13N5O2S/c1-7-5-8(14-18-7)9(16)11-3-2-4-15-6-12-13-10(15)17/h5-6H,2-4H2,1H3,(H,11,16)(H,13,17). The third kappa shape index (κ3) is 3.04. The number of amides is 1. The van der Waals surface area contributed by atoms with Gasteiger partial charge in [-0.2, -0.15) is 9.47 Å². The number of aromatic amines is 1. The maximum atomic E-state index is 11.6. The van der Waals surface area contributed by atoms with Crippen LogP contribution < -0.4 is 11.0 Å². The van der Waals surface area contributed by atoms with Gasteiger partial charge < -0.3 is 5.32 Å². The zero-order valence-corrected chi connectivity index (χ0v) is 10.7. The molecule has 0 aliphatic rings. The second-order valence-electron chi connectivity index (χ2n) is 3.79. The molecule has 2 aromatic rings. The van der Waals surface area contributed by atoms with E-state index in [-0.39, 0.29) is 11.6 Å². The third-order valence-corrected chi connectivity index (χ3v) is 3.03. The molecule has 0 fully saturated rings. The van der Waals surface area contributed by atoms with Crippen LogP contribution >= 0.6 is 11.5 Å². The van der Waals surface area contributed by atoms with Gasteiger partial charge in [-0.25, -0.2) is 9.89 Å². The van der Waals surface area contributed by atoms with Gasteiger partial charge in [-0.05, 0) is 30.9 Å². The molecular weight excluding hydrogens is 254 g/mol. The second kappa shape index (κ2) is 5.58. The summed E-state index contributed by atoms with van der Waals surface area (Å²) >= 11 is 1.30. The maximum absolute atomic E-state index is 11.6. The molecule has 0 aliphatic carbocycles. The molecule has 7 nitrogen and oxygen atoms in total. The van der Waals surface area contributed by atoms with Crippen LogP contribution in [-0.2, 0) is 6.54 Å². The molecule has 2 N–H and O–H groups in total. The minimum Gasteiger partial charge on any atom is -0.351 e. The van der Waals surface area contributed by atoms with Crippen LogP contribution in [0.2, 0.25) is 0 Å². The van der Waals surface area contributed by atoms with Crippen molar-refractivity contribution in [3.8, 4) is 0 Å². The van der Waals surface area contributed by atoms with Gasteiger partial charge in [-0.3, -0.25) is 9.36 Å². The first kappa shape index (κ1) is 12.5. The summed E-state index contributed by atoms with van der Waals surface area (Å²) in [5, 5.41) is 8.68. The van der Waals surface area contributed by atoms with E-state index in [1.165, 1.54) is 22.4 Å². The van der Waals surface area contributed by atoms with E-state index in [2.05, 4.69) is 19.9 Å². The topological polar surface area (TPSA) is 92.7 Å². The van der Waals surface area contributed by atoms with Gasteiger partial charge in [0.05, 0.1) is 0 Å².